The normalized spacial score (nSPS) is 16.7. The fourth-order valence-electron chi connectivity index (χ4n) is 4.82. The molecule has 8 nitrogen and oxygen atoms in total. The molecule has 1 N–H and O–H groups in total. The van der Waals surface area contributed by atoms with Crippen molar-refractivity contribution in [3.05, 3.63) is 89.1 Å². The number of carbonyl (C=O) groups excluding carboxylic acids is 1. The van der Waals surface area contributed by atoms with Gasteiger partial charge in [-0.3, -0.25) is 19.5 Å². The molecule has 0 unspecified atom stereocenters. The Balaban J connectivity index is 1.32. The first kappa shape index (κ1) is 25.7. The molecule has 5 rings (SSSR count). The van der Waals surface area contributed by atoms with E-state index in [2.05, 4.69) is 22.1 Å². The lowest BCUT2D eigenvalue weighted by Crippen LogP contribution is -2.50. The number of carbonyl (C=O) groups is 2. The SMILES string of the molecule is O=C(O)c1cnn2c1N(C(=O)CN1CCN(Cc3ccccc3)CC1)CC=C2c1cccc(C(F)(F)F)c1. The Bertz CT molecular complexity index is 1360. The number of hydrogen-bond acceptors (Lipinski definition) is 5. The summed E-state index contributed by atoms with van der Waals surface area (Å²) in [4.78, 5) is 31.0. The molecule has 1 saturated heterocycles. The maximum atomic E-state index is 13.4. The maximum absolute atomic E-state index is 13.4. The number of hydrogen-bond donors (Lipinski definition) is 1. The molecular weight excluding hydrogens is 499 g/mol. The lowest BCUT2D eigenvalue weighted by Gasteiger charge is -2.36. The van der Waals surface area contributed by atoms with Gasteiger partial charge in [-0.25, -0.2) is 9.48 Å². The summed E-state index contributed by atoms with van der Waals surface area (Å²) in [5.41, 5.74) is 0.722. The number of aromatic nitrogens is 2. The number of amides is 1. The number of piperazine rings is 1. The minimum Gasteiger partial charge on any atom is -0.477 e. The maximum Gasteiger partial charge on any atom is 0.416 e. The number of alkyl halides is 3. The minimum atomic E-state index is -4.53. The second-order valence-corrected chi connectivity index (χ2v) is 9.31. The fourth-order valence-corrected chi connectivity index (χ4v) is 4.82. The molecule has 2 aliphatic heterocycles. The lowest BCUT2D eigenvalue weighted by molar-refractivity contribution is -0.137. The van der Waals surface area contributed by atoms with E-state index in [-0.39, 0.29) is 41.6 Å². The van der Waals surface area contributed by atoms with Crippen molar-refractivity contribution in [1.29, 1.82) is 0 Å². The summed E-state index contributed by atoms with van der Waals surface area (Å²) in [7, 11) is 0. The van der Waals surface area contributed by atoms with E-state index in [1.54, 1.807) is 6.08 Å². The summed E-state index contributed by atoms with van der Waals surface area (Å²) in [5.74, 6) is -1.53. The van der Waals surface area contributed by atoms with Crippen molar-refractivity contribution in [1.82, 2.24) is 19.6 Å². The first-order chi connectivity index (χ1) is 18.2. The van der Waals surface area contributed by atoms with E-state index >= 15 is 0 Å². The lowest BCUT2D eigenvalue weighted by atomic mass is 10.1. The van der Waals surface area contributed by atoms with Gasteiger partial charge in [0, 0.05) is 44.8 Å². The van der Waals surface area contributed by atoms with E-state index in [4.69, 9.17) is 0 Å². The van der Waals surface area contributed by atoms with Crippen molar-refractivity contribution in [2.24, 2.45) is 0 Å². The van der Waals surface area contributed by atoms with E-state index < -0.39 is 17.7 Å². The zero-order valence-electron chi connectivity index (χ0n) is 20.4. The van der Waals surface area contributed by atoms with Gasteiger partial charge in [0.2, 0.25) is 5.91 Å². The molecule has 1 aromatic heterocycles. The Morgan fingerprint density at radius 1 is 0.947 bits per heavy atom. The van der Waals surface area contributed by atoms with Crippen molar-refractivity contribution in [3.63, 3.8) is 0 Å². The van der Waals surface area contributed by atoms with Gasteiger partial charge in [0.05, 0.1) is 24.0 Å². The van der Waals surface area contributed by atoms with E-state index in [1.807, 2.05) is 23.1 Å². The van der Waals surface area contributed by atoms with Crippen LogP contribution in [0.5, 0.6) is 0 Å². The van der Waals surface area contributed by atoms with Crippen LogP contribution in [0.15, 0.2) is 66.9 Å². The number of fused-ring (bicyclic) bond motifs is 1. The molecule has 3 aromatic rings. The van der Waals surface area contributed by atoms with Crippen LogP contribution < -0.4 is 4.90 Å². The van der Waals surface area contributed by atoms with Gasteiger partial charge in [0.1, 0.15) is 5.56 Å². The molecule has 198 valence electrons. The van der Waals surface area contributed by atoms with Crippen LogP contribution in [0.1, 0.15) is 27.0 Å². The van der Waals surface area contributed by atoms with Crippen LogP contribution in [0.3, 0.4) is 0 Å². The van der Waals surface area contributed by atoms with Gasteiger partial charge < -0.3 is 5.11 Å². The Morgan fingerprint density at radius 2 is 1.66 bits per heavy atom. The number of carboxylic acids is 1. The molecule has 11 heteroatoms. The number of rotatable bonds is 6. The highest BCUT2D eigenvalue weighted by molar-refractivity contribution is 6.03. The van der Waals surface area contributed by atoms with Gasteiger partial charge >= 0.3 is 12.1 Å². The largest absolute Gasteiger partial charge is 0.477 e. The summed E-state index contributed by atoms with van der Waals surface area (Å²) >= 11 is 0. The highest BCUT2D eigenvalue weighted by Crippen LogP contribution is 2.35. The standard InChI is InChI=1S/C27H26F3N5O3/c28-27(29,30)21-8-4-7-20(15-21)23-9-10-34(25-22(26(37)38)16-31-35(23)25)24(36)18-33-13-11-32(12-14-33)17-19-5-2-1-3-6-19/h1-9,15-16H,10-14,17-18H2,(H,37,38). The van der Waals surface area contributed by atoms with Crippen molar-refractivity contribution in [2.75, 3.05) is 44.2 Å². The van der Waals surface area contributed by atoms with Gasteiger partial charge in [-0.1, -0.05) is 42.5 Å². The van der Waals surface area contributed by atoms with Crippen LogP contribution in [0.4, 0.5) is 19.0 Å². The molecule has 3 heterocycles. The smallest absolute Gasteiger partial charge is 0.416 e. The average molecular weight is 526 g/mol. The molecule has 0 radical (unpaired) electrons. The summed E-state index contributed by atoms with van der Waals surface area (Å²) in [6, 6.07) is 14.9. The zero-order chi connectivity index (χ0) is 26.9. The molecule has 0 atom stereocenters. The predicted molar refractivity (Wildman–Crippen MR) is 135 cm³/mol. The van der Waals surface area contributed by atoms with Gasteiger partial charge in [0.25, 0.3) is 0 Å². The molecule has 38 heavy (non-hydrogen) atoms. The molecule has 0 spiro atoms. The third-order valence-electron chi connectivity index (χ3n) is 6.78. The Kier molecular flexibility index (Phi) is 7.04. The Hall–Kier alpha value is -3.96. The molecule has 2 aromatic carbocycles. The third-order valence-corrected chi connectivity index (χ3v) is 6.78. The molecule has 2 aliphatic rings. The van der Waals surface area contributed by atoms with E-state index in [9.17, 15) is 27.9 Å². The second-order valence-electron chi connectivity index (χ2n) is 9.31. The van der Waals surface area contributed by atoms with Crippen LogP contribution in [0.2, 0.25) is 0 Å². The van der Waals surface area contributed by atoms with Crippen molar-refractivity contribution < 1.29 is 27.9 Å². The minimum absolute atomic E-state index is 0.0182. The average Bonchev–Trinajstić information content (AvgIpc) is 3.35. The first-order valence-corrected chi connectivity index (χ1v) is 12.2. The predicted octanol–water partition coefficient (Wildman–Crippen LogP) is 3.65. The van der Waals surface area contributed by atoms with Crippen LogP contribution in [-0.4, -0.2) is 75.8 Å². The molecule has 1 amide bonds. The van der Waals surface area contributed by atoms with E-state index in [0.717, 1.165) is 38.0 Å². The molecule has 0 saturated carbocycles. The van der Waals surface area contributed by atoms with Crippen molar-refractivity contribution >= 4 is 23.4 Å². The highest BCUT2D eigenvalue weighted by Gasteiger charge is 2.34. The molecule has 1 fully saturated rings. The van der Waals surface area contributed by atoms with Crippen LogP contribution in [-0.2, 0) is 17.5 Å². The van der Waals surface area contributed by atoms with E-state index in [0.29, 0.717) is 13.1 Å². The van der Waals surface area contributed by atoms with Gasteiger partial charge in [0.15, 0.2) is 5.82 Å². The van der Waals surface area contributed by atoms with Gasteiger partial charge in [-0.15, -0.1) is 0 Å². The molecular formula is C27H26F3N5O3. The quantitative estimate of drug-likeness (QED) is 0.529. The second kappa shape index (κ2) is 10.4. The number of benzene rings is 2. The van der Waals surface area contributed by atoms with Crippen molar-refractivity contribution in [2.45, 2.75) is 12.7 Å². The Morgan fingerprint density at radius 3 is 2.34 bits per heavy atom. The number of carboxylic acid groups (broad SMARTS) is 1. The van der Waals surface area contributed by atoms with Crippen LogP contribution in [0.25, 0.3) is 5.70 Å². The summed E-state index contributed by atoms with van der Waals surface area (Å²) < 4.78 is 41.1. The number of aromatic carboxylic acids is 1. The third kappa shape index (κ3) is 5.34. The number of anilines is 1. The Labute approximate surface area is 217 Å². The van der Waals surface area contributed by atoms with Gasteiger partial charge in [-0.2, -0.15) is 18.3 Å². The summed E-state index contributed by atoms with van der Waals surface area (Å²) in [5, 5.41) is 13.9. The van der Waals surface area contributed by atoms with Gasteiger partial charge in [-0.05, 0) is 23.8 Å². The van der Waals surface area contributed by atoms with Crippen LogP contribution >= 0.6 is 0 Å². The highest BCUT2D eigenvalue weighted by atomic mass is 19.4. The molecule has 0 bridgehead atoms. The zero-order valence-corrected chi connectivity index (χ0v) is 20.4. The molecule has 0 aliphatic carbocycles. The van der Waals surface area contributed by atoms with Crippen molar-refractivity contribution in [3.8, 4) is 0 Å². The van der Waals surface area contributed by atoms with E-state index in [1.165, 1.54) is 27.3 Å². The first-order valence-electron chi connectivity index (χ1n) is 12.2. The monoisotopic (exact) mass is 525 g/mol. The summed E-state index contributed by atoms with van der Waals surface area (Å²) in [6.07, 6.45) is -1.82. The summed E-state index contributed by atoms with van der Waals surface area (Å²) in [6.45, 7) is 3.89. The fraction of sp³-hybridized carbons (Fsp3) is 0.296. The number of halogens is 3. The number of nitrogens with zero attached hydrogens (tertiary/aromatic N) is 5. The van der Waals surface area contributed by atoms with Crippen LogP contribution in [0, 0.1) is 0 Å². The topological polar surface area (TPSA) is 81.9 Å².